The number of urea groups is 1. The minimum Gasteiger partial charge on any atom is -0.321 e. The molecule has 2 rings (SSSR count). The Morgan fingerprint density at radius 2 is 2.20 bits per heavy atom. The molecule has 1 saturated heterocycles. The monoisotopic (exact) mass is 230 g/mol. The zero-order valence-corrected chi connectivity index (χ0v) is 9.29. The van der Waals surface area contributed by atoms with Crippen molar-refractivity contribution in [1.29, 1.82) is 0 Å². The fourth-order valence-corrected chi connectivity index (χ4v) is 2.68. The Morgan fingerprint density at radius 3 is 2.73 bits per heavy atom. The maximum Gasteiger partial charge on any atom is 0.324 e. The second-order valence-corrected chi connectivity index (χ2v) is 4.66. The highest BCUT2D eigenvalue weighted by molar-refractivity contribution is 6.19. The van der Waals surface area contributed by atoms with E-state index in [1.165, 1.54) is 6.42 Å². The Hall–Kier alpha value is -0.770. The zero-order valence-electron chi connectivity index (χ0n) is 8.54. The molecular weight excluding hydrogens is 216 g/mol. The standard InChI is InChI=1S/C10H15ClN2O2/c11-4-3-9(14)12-10(15)13-6-7-1-2-8(13)5-7/h7-8H,1-6H2,(H,12,14,15). The number of halogens is 1. The van der Waals surface area contributed by atoms with Gasteiger partial charge in [0.2, 0.25) is 5.91 Å². The van der Waals surface area contributed by atoms with Gasteiger partial charge in [-0.3, -0.25) is 10.1 Å². The summed E-state index contributed by atoms with van der Waals surface area (Å²) in [6.07, 6.45) is 3.62. The second kappa shape index (κ2) is 4.39. The minimum atomic E-state index is -0.280. The van der Waals surface area contributed by atoms with Crippen LogP contribution in [0.4, 0.5) is 4.79 Å². The molecule has 0 aromatic rings. The van der Waals surface area contributed by atoms with Gasteiger partial charge in [0, 0.05) is 24.9 Å². The van der Waals surface area contributed by atoms with Crippen molar-refractivity contribution in [2.45, 2.75) is 31.7 Å². The number of likely N-dealkylation sites (tertiary alicyclic amines) is 1. The third-order valence-corrected chi connectivity index (χ3v) is 3.43. The molecule has 2 atom stereocenters. The van der Waals surface area contributed by atoms with Crippen LogP contribution in [0.15, 0.2) is 0 Å². The third-order valence-electron chi connectivity index (χ3n) is 3.24. The van der Waals surface area contributed by atoms with Crippen LogP contribution in [-0.4, -0.2) is 35.3 Å². The molecule has 0 aromatic heterocycles. The summed E-state index contributed by atoms with van der Waals surface area (Å²) >= 11 is 5.42. The number of carbonyl (C=O) groups excluding carboxylic acids is 2. The SMILES string of the molecule is O=C(CCCl)NC(=O)N1CC2CCC1C2. The van der Waals surface area contributed by atoms with Gasteiger partial charge in [0.05, 0.1) is 0 Å². The van der Waals surface area contributed by atoms with Gasteiger partial charge in [0.1, 0.15) is 0 Å². The highest BCUT2D eigenvalue weighted by Crippen LogP contribution is 2.37. The fraction of sp³-hybridized carbons (Fsp3) is 0.800. The summed E-state index contributed by atoms with van der Waals surface area (Å²) in [7, 11) is 0. The number of imide groups is 1. The molecule has 1 aliphatic heterocycles. The number of hydrogen-bond donors (Lipinski definition) is 1. The van der Waals surface area contributed by atoms with Crippen LogP contribution in [0.3, 0.4) is 0 Å². The van der Waals surface area contributed by atoms with Gasteiger partial charge in [-0.15, -0.1) is 11.6 Å². The molecule has 2 fully saturated rings. The van der Waals surface area contributed by atoms with Crippen molar-refractivity contribution < 1.29 is 9.59 Å². The number of fused-ring (bicyclic) bond motifs is 2. The van der Waals surface area contributed by atoms with Crippen molar-refractivity contribution >= 4 is 23.5 Å². The van der Waals surface area contributed by atoms with E-state index in [9.17, 15) is 9.59 Å². The highest BCUT2D eigenvalue weighted by Gasteiger charge is 2.40. The minimum absolute atomic E-state index is 0.204. The average Bonchev–Trinajstić information content (AvgIpc) is 2.78. The molecule has 1 aliphatic carbocycles. The summed E-state index contributed by atoms with van der Waals surface area (Å²) in [6.45, 7) is 0.810. The predicted octanol–water partition coefficient (Wildman–Crippen LogP) is 1.34. The molecule has 2 unspecified atom stereocenters. The molecule has 2 bridgehead atoms. The smallest absolute Gasteiger partial charge is 0.321 e. The number of nitrogens with zero attached hydrogens (tertiary/aromatic N) is 1. The number of rotatable bonds is 2. The first-order valence-corrected chi connectivity index (χ1v) is 5.90. The van der Waals surface area contributed by atoms with Crippen LogP contribution < -0.4 is 5.32 Å². The van der Waals surface area contributed by atoms with Gasteiger partial charge in [-0.05, 0) is 25.2 Å². The first-order chi connectivity index (χ1) is 7.20. The van der Waals surface area contributed by atoms with Gasteiger partial charge >= 0.3 is 6.03 Å². The molecule has 1 heterocycles. The predicted molar refractivity (Wildman–Crippen MR) is 56.7 cm³/mol. The Bertz CT molecular complexity index is 283. The first kappa shape index (κ1) is 10.7. The summed E-state index contributed by atoms with van der Waals surface area (Å²) < 4.78 is 0. The quantitative estimate of drug-likeness (QED) is 0.728. The van der Waals surface area contributed by atoms with E-state index in [2.05, 4.69) is 5.32 Å². The van der Waals surface area contributed by atoms with E-state index in [1.54, 1.807) is 4.90 Å². The summed E-state index contributed by atoms with van der Waals surface area (Å²) in [5.74, 6) is 0.632. The molecule has 3 amide bonds. The van der Waals surface area contributed by atoms with Crippen LogP contribution in [-0.2, 0) is 4.79 Å². The molecule has 15 heavy (non-hydrogen) atoms. The van der Waals surface area contributed by atoms with Crippen LogP contribution in [0.25, 0.3) is 0 Å². The van der Waals surface area contributed by atoms with Crippen LogP contribution in [0.5, 0.6) is 0 Å². The Balaban J connectivity index is 1.84. The summed E-state index contributed by atoms with van der Waals surface area (Å²) in [5.41, 5.74) is 0. The van der Waals surface area contributed by atoms with E-state index in [1.807, 2.05) is 0 Å². The molecule has 0 radical (unpaired) electrons. The lowest BCUT2D eigenvalue weighted by atomic mass is 10.1. The van der Waals surface area contributed by atoms with E-state index in [-0.39, 0.29) is 24.2 Å². The average molecular weight is 231 g/mol. The lowest BCUT2D eigenvalue weighted by molar-refractivity contribution is -0.119. The van der Waals surface area contributed by atoms with Crippen molar-refractivity contribution in [3.8, 4) is 0 Å². The molecule has 5 heteroatoms. The second-order valence-electron chi connectivity index (χ2n) is 4.28. The van der Waals surface area contributed by atoms with E-state index in [0.29, 0.717) is 12.0 Å². The van der Waals surface area contributed by atoms with E-state index in [0.717, 1.165) is 19.4 Å². The van der Waals surface area contributed by atoms with Crippen molar-refractivity contribution in [1.82, 2.24) is 10.2 Å². The van der Waals surface area contributed by atoms with Crippen LogP contribution in [0.2, 0.25) is 0 Å². The topological polar surface area (TPSA) is 49.4 Å². The molecule has 0 aromatic carbocycles. The Morgan fingerprint density at radius 1 is 1.40 bits per heavy atom. The summed E-state index contributed by atoms with van der Waals surface area (Å²) in [4.78, 5) is 24.6. The maximum absolute atomic E-state index is 11.7. The highest BCUT2D eigenvalue weighted by atomic mass is 35.5. The van der Waals surface area contributed by atoms with E-state index in [4.69, 9.17) is 11.6 Å². The lowest BCUT2D eigenvalue weighted by Gasteiger charge is -2.26. The lowest BCUT2D eigenvalue weighted by Crippen LogP contribution is -2.46. The Labute approximate surface area is 93.9 Å². The van der Waals surface area contributed by atoms with E-state index >= 15 is 0 Å². The molecule has 4 nitrogen and oxygen atoms in total. The largest absolute Gasteiger partial charge is 0.324 e. The molecule has 0 spiro atoms. The van der Waals surface area contributed by atoms with Crippen molar-refractivity contribution in [3.05, 3.63) is 0 Å². The number of nitrogens with one attached hydrogen (secondary N) is 1. The van der Waals surface area contributed by atoms with Gasteiger partial charge in [0.25, 0.3) is 0 Å². The molecule has 84 valence electrons. The van der Waals surface area contributed by atoms with Crippen LogP contribution in [0, 0.1) is 5.92 Å². The van der Waals surface area contributed by atoms with Gasteiger partial charge in [-0.1, -0.05) is 0 Å². The number of amides is 3. The number of piperidine rings is 1. The Kier molecular flexibility index (Phi) is 3.14. The normalized spacial score (nSPS) is 28.2. The number of hydrogen-bond acceptors (Lipinski definition) is 2. The van der Waals surface area contributed by atoms with Crippen molar-refractivity contribution in [2.24, 2.45) is 5.92 Å². The number of alkyl halides is 1. The third kappa shape index (κ3) is 2.25. The molecule has 1 saturated carbocycles. The van der Waals surface area contributed by atoms with Crippen molar-refractivity contribution in [3.63, 3.8) is 0 Å². The van der Waals surface area contributed by atoms with Gasteiger partial charge in [0.15, 0.2) is 0 Å². The van der Waals surface area contributed by atoms with Gasteiger partial charge < -0.3 is 4.90 Å². The molecule has 2 aliphatic rings. The summed E-state index contributed by atoms with van der Waals surface area (Å²) in [5, 5.41) is 2.37. The number of carbonyl (C=O) groups is 2. The fourth-order valence-electron chi connectivity index (χ4n) is 2.51. The van der Waals surface area contributed by atoms with Crippen LogP contribution >= 0.6 is 11.6 Å². The molecule has 1 N–H and O–H groups in total. The van der Waals surface area contributed by atoms with E-state index < -0.39 is 0 Å². The summed E-state index contributed by atoms with van der Waals surface area (Å²) in [6, 6.07) is 0.121. The van der Waals surface area contributed by atoms with Crippen molar-refractivity contribution in [2.75, 3.05) is 12.4 Å². The van der Waals surface area contributed by atoms with Gasteiger partial charge in [-0.2, -0.15) is 0 Å². The first-order valence-electron chi connectivity index (χ1n) is 5.37. The van der Waals surface area contributed by atoms with Gasteiger partial charge in [-0.25, -0.2) is 4.79 Å². The molecular formula is C10H15ClN2O2. The maximum atomic E-state index is 11.7. The van der Waals surface area contributed by atoms with Crippen LogP contribution in [0.1, 0.15) is 25.7 Å². The zero-order chi connectivity index (χ0) is 10.8.